The second kappa shape index (κ2) is 8.61. The number of hydrogen-bond acceptors (Lipinski definition) is 7. The zero-order valence-electron chi connectivity index (χ0n) is 15.5. The molecule has 0 N–H and O–H groups in total. The van der Waals surface area contributed by atoms with Gasteiger partial charge >= 0.3 is 11.9 Å². The van der Waals surface area contributed by atoms with Gasteiger partial charge in [0, 0.05) is 25.2 Å². The summed E-state index contributed by atoms with van der Waals surface area (Å²) in [6.45, 7) is 4.78. The number of carbonyl (C=O) groups is 3. The minimum atomic E-state index is -1.04. The number of nitrogens with zero attached hydrogens (tertiary/aromatic N) is 2. The number of hydrogen-bond donors (Lipinski definition) is 0. The predicted molar refractivity (Wildman–Crippen MR) is 94.3 cm³/mol. The molecule has 0 radical (unpaired) electrons. The van der Waals surface area contributed by atoms with Crippen LogP contribution in [-0.2, 0) is 14.3 Å². The SMILES string of the molecule is COC(=O)c1cc(C(=O)OC(C)C(=O)N2CCC(C)CC2)cc([N+](=O)[O-])c1. The molecule has 1 amide bonds. The molecule has 1 aromatic carbocycles. The number of likely N-dealkylation sites (tertiary alicyclic amines) is 1. The lowest BCUT2D eigenvalue weighted by Crippen LogP contribution is -2.44. The van der Waals surface area contributed by atoms with Gasteiger partial charge in [-0.05, 0) is 31.7 Å². The Bertz CT molecular complexity index is 754. The average Bonchev–Trinajstić information content (AvgIpc) is 2.66. The monoisotopic (exact) mass is 378 g/mol. The summed E-state index contributed by atoms with van der Waals surface area (Å²) in [5.41, 5.74) is -0.798. The van der Waals surface area contributed by atoms with E-state index in [-0.39, 0.29) is 17.0 Å². The molecule has 0 bridgehead atoms. The Morgan fingerprint density at radius 3 is 2.22 bits per heavy atom. The van der Waals surface area contributed by atoms with Gasteiger partial charge in [-0.1, -0.05) is 6.92 Å². The van der Waals surface area contributed by atoms with Crippen LogP contribution in [-0.4, -0.2) is 54.0 Å². The van der Waals surface area contributed by atoms with E-state index in [0.29, 0.717) is 19.0 Å². The zero-order valence-corrected chi connectivity index (χ0v) is 15.5. The van der Waals surface area contributed by atoms with E-state index in [2.05, 4.69) is 11.7 Å². The Balaban J connectivity index is 2.14. The fourth-order valence-corrected chi connectivity index (χ4v) is 2.84. The second-order valence-corrected chi connectivity index (χ2v) is 6.57. The van der Waals surface area contributed by atoms with Crippen molar-refractivity contribution in [3.63, 3.8) is 0 Å². The number of ether oxygens (including phenoxy) is 2. The van der Waals surface area contributed by atoms with Gasteiger partial charge < -0.3 is 14.4 Å². The van der Waals surface area contributed by atoms with E-state index in [4.69, 9.17) is 4.74 Å². The largest absolute Gasteiger partial charge is 0.465 e. The summed E-state index contributed by atoms with van der Waals surface area (Å²) in [6.07, 6.45) is 0.742. The third-order valence-electron chi connectivity index (χ3n) is 4.51. The van der Waals surface area contributed by atoms with Gasteiger partial charge in [-0.2, -0.15) is 0 Å². The Morgan fingerprint density at radius 2 is 1.70 bits per heavy atom. The molecule has 0 aliphatic carbocycles. The summed E-state index contributed by atoms with van der Waals surface area (Å²) in [5, 5.41) is 11.0. The number of nitro groups is 1. The normalized spacial score (nSPS) is 15.7. The maximum absolute atomic E-state index is 12.4. The van der Waals surface area contributed by atoms with Crippen LogP contribution in [0.15, 0.2) is 18.2 Å². The number of non-ortho nitro benzene ring substituents is 1. The van der Waals surface area contributed by atoms with E-state index in [9.17, 15) is 24.5 Å². The Kier molecular flexibility index (Phi) is 6.49. The van der Waals surface area contributed by atoms with Crippen LogP contribution in [0.1, 0.15) is 47.4 Å². The van der Waals surface area contributed by atoms with Gasteiger partial charge in [-0.15, -0.1) is 0 Å². The third kappa shape index (κ3) is 5.02. The third-order valence-corrected chi connectivity index (χ3v) is 4.51. The lowest BCUT2D eigenvalue weighted by atomic mass is 9.99. The number of rotatable bonds is 5. The lowest BCUT2D eigenvalue weighted by Gasteiger charge is -2.31. The first-order chi connectivity index (χ1) is 12.7. The van der Waals surface area contributed by atoms with Crippen LogP contribution in [0.2, 0.25) is 0 Å². The van der Waals surface area contributed by atoms with Gasteiger partial charge in [0.25, 0.3) is 11.6 Å². The fourth-order valence-electron chi connectivity index (χ4n) is 2.84. The Hall–Kier alpha value is -2.97. The molecular formula is C18H22N2O7. The highest BCUT2D eigenvalue weighted by Gasteiger charge is 2.28. The van der Waals surface area contributed by atoms with Gasteiger partial charge in [0.15, 0.2) is 6.10 Å². The van der Waals surface area contributed by atoms with E-state index < -0.39 is 28.7 Å². The molecule has 9 nitrogen and oxygen atoms in total. The summed E-state index contributed by atoms with van der Waals surface area (Å²) in [6, 6.07) is 3.14. The van der Waals surface area contributed by atoms with E-state index in [0.717, 1.165) is 38.2 Å². The number of benzene rings is 1. The standard InChI is InChI=1S/C18H22N2O7/c1-11-4-6-19(7-5-11)16(21)12(2)27-18(23)14-8-13(17(22)26-3)9-15(10-14)20(24)25/h8-12H,4-7H2,1-3H3. The van der Waals surface area contributed by atoms with Crippen LogP contribution in [0.4, 0.5) is 5.69 Å². The molecule has 1 atom stereocenters. The molecule has 0 spiro atoms. The molecule has 1 aromatic rings. The van der Waals surface area contributed by atoms with Crippen LogP contribution in [0, 0.1) is 16.0 Å². The van der Waals surface area contributed by atoms with E-state index >= 15 is 0 Å². The minimum absolute atomic E-state index is 0.150. The van der Waals surface area contributed by atoms with Crippen LogP contribution in [0.5, 0.6) is 0 Å². The van der Waals surface area contributed by atoms with Crippen molar-refractivity contribution in [3.05, 3.63) is 39.4 Å². The highest BCUT2D eigenvalue weighted by molar-refractivity contribution is 5.97. The van der Waals surface area contributed by atoms with Crippen LogP contribution >= 0.6 is 0 Å². The van der Waals surface area contributed by atoms with Crippen LogP contribution in [0.25, 0.3) is 0 Å². The molecule has 146 valence electrons. The van der Waals surface area contributed by atoms with Gasteiger partial charge in [0.2, 0.25) is 0 Å². The van der Waals surface area contributed by atoms with Crippen LogP contribution in [0.3, 0.4) is 0 Å². The van der Waals surface area contributed by atoms with Crippen molar-refractivity contribution in [2.75, 3.05) is 20.2 Å². The number of esters is 2. The summed E-state index contributed by atoms with van der Waals surface area (Å²) < 4.78 is 9.72. The van der Waals surface area contributed by atoms with Gasteiger partial charge in [0.05, 0.1) is 23.2 Å². The highest BCUT2D eigenvalue weighted by atomic mass is 16.6. The number of nitro benzene ring substituents is 1. The first-order valence-corrected chi connectivity index (χ1v) is 8.60. The molecule has 1 unspecified atom stereocenters. The number of carbonyl (C=O) groups excluding carboxylic acids is 3. The van der Waals surface area contributed by atoms with Crippen molar-refractivity contribution >= 4 is 23.5 Å². The van der Waals surface area contributed by atoms with Crippen molar-refractivity contribution in [3.8, 4) is 0 Å². The molecule has 27 heavy (non-hydrogen) atoms. The Labute approximate surface area is 156 Å². The number of amides is 1. The lowest BCUT2D eigenvalue weighted by molar-refractivity contribution is -0.384. The van der Waals surface area contributed by atoms with Gasteiger partial charge in [-0.3, -0.25) is 14.9 Å². The van der Waals surface area contributed by atoms with Crippen molar-refractivity contribution in [1.82, 2.24) is 4.90 Å². The van der Waals surface area contributed by atoms with E-state index in [1.165, 1.54) is 6.92 Å². The van der Waals surface area contributed by atoms with Crippen molar-refractivity contribution in [2.45, 2.75) is 32.8 Å². The summed E-state index contributed by atoms with van der Waals surface area (Å²) in [7, 11) is 1.12. The van der Waals surface area contributed by atoms with Crippen molar-refractivity contribution in [2.24, 2.45) is 5.92 Å². The van der Waals surface area contributed by atoms with Crippen molar-refractivity contribution in [1.29, 1.82) is 0 Å². The summed E-state index contributed by atoms with van der Waals surface area (Å²) in [5.74, 6) is -1.50. The molecule has 2 rings (SSSR count). The summed E-state index contributed by atoms with van der Waals surface area (Å²) in [4.78, 5) is 48.4. The molecule has 0 saturated carbocycles. The molecule has 1 aliphatic heterocycles. The number of methoxy groups -OCH3 is 1. The maximum Gasteiger partial charge on any atom is 0.339 e. The smallest absolute Gasteiger partial charge is 0.339 e. The quantitative estimate of drug-likeness (QED) is 0.438. The summed E-state index contributed by atoms with van der Waals surface area (Å²) >= 11 is 0. The average molecular weight is 378 g/mol. The fraction of sp³-hybridized carbons (Fsp3) is 0.500. The topological polar surface area (TPSA) is 116 Å². The van der Waals surface area contributed by atoms with E-state index in [1.54, 1.807) is 4.90 Å². The maximum atomic E-state index is 12.4. The second-order valence-electron chi connectivity index (χ2n) is 6.57. The number of piperidine rings is 1. The molecule has 1 aliphatic rings. The zero-order chi connectivity index (χ0) is 20.1. The Morgan fingerprint density at radius 1 is 1.15 bits per heavy atom. The molecule has 0 aromatic heterocycles. The molecule has 1 saturated heterocycles. The molecule has 9 heteroatoms. The van der Waals surface area contributed by atoms with Crippen molar-refractivity contribution < 1.29 is 28.8 Å². The van der Waals surface area contributed by atoms with Gasteiger partial charge in [-0.25, -0.2) is 9.59 Å². The molecule has 1 heterocycles. The molecule has 1 fully saturated rings. The minimum Gasteiger partial charge on any atom is -0.465 e. The van der Waals surface area contributed by atoms with Gasteiger partial charge in [0.1, 0.15) is 0 Å². The van der Waals surface area contributed by atoms with Crippen LogP contribution < -0.4 is 0 Å². The highest BCUT2D eigenvalue weighted by Crippen LogP contribution is 2.20. The first-order valence-electron chi connectivity index (χ1n) is 8.60. The molecular weight excluding hydrogens is 356 g/mol. The first kappa shape index (κ1) is 20.3. The van der Waals surface area contributed by atoms with E-state index in [1.807, 2.05) is 0 Å². The predicted octanol–water partition coefficient (Wildman–Crippen LogP) is 2.19.